The predicted molar refractivity (Wildman–Crippen MR) is 47.1 cm³/mol. The second kappa shape index (κ2) is 4.13. The summed E-state index contributed by atoms with van der Waals surface area (Å²) in [6.07, 6.45) is 0. The molecule has 1 rings (SSSR count). The number of rotatable bonds is 3. The molecule has 0 radical (unpaired) electrons. The van der Waals surface area contributed by atoms with Crippen LogP contribution >= 0.6 is 22.9 Å². The lowest BCUT2D eigenvalue weighted by Gasteiger charge is -1.99. The third-order valence-corrected chi connectivity index (χ3v) is 3.24. The SMILES string of the molecule is O=C(Cl)c1ccc(CS(=O)[O-])s1. The van der Waals surface area contributed by atoms with Gasteiger partial charge in [-0.1, -0.05) is 0 Å². The zero-order valence-electron chi connectivity index (χ0n) is 5.78. The maximum absolute atomic E-state index is 10.6. The molecule has 0 aliphatic heterocycles. The quantitative estimate of drug-likeness (QED) is 0.577. The van der Waals surface area contributed by atoms with Gasteiger partial charge in [0.15, 0.2) is 0 Å². The molecule has 0 fully saturated rings. The van der Waals surface area contributed by atoms with Gasteiger partial charge >= 0.3 is 0 Å². The summed E-state index contributed by atoms with van der Waals surface area (Å²) in [7, 11) is 0. The van der Waals surface area contributed by atoms with E-state index in [0.717, 1.165) is 11.3 Å². The van der Waals surface area contributed by atoms with Gasteiger partial charge in [0, 0.05) is 10.6 Å². The Labute approximate surface area is 80.6 Å². The molecule has 0 bridgehead atoms. The first-order valence-corrected chi connectivity index (χ1v) is 5.38. The molecule has 6 heteroatoms. The van der Waals surface area contributed by atoms with Crippen LogP contribution in [0.2, 0.25) is 0 Å². The normalized spacial score (nSPS) is 12.8. The first kappa shape index (κ1) is 9.85. The molecule has 0 spiro atoms. The highest BCUT2D eigenvalue weighted by atomic mass is 35.5. The molecular weight excluding hydrogens is 220 g/mol. The average Bonchev–Trinajstić information content (AvgIpc) is 2.34. The zero-order valence-corrected chi connectivity index (χ0v) is 8.17. The second-order valence-electron chi connectivity index (χ2n) is 1.99. The summed E-state index contributed by atoms with van der Waals surface area (Å²) >= 11 is 4.15. The fourth-order valence-electron chi connectivity index (χ4n) is 0.677. The lowest BCUT2D eigenvalue weighted by atomic mass is 10.4. The Bertz CT molecular complexity index is 320. The van der Waals surface area contributed by atoms with E-state index < -0.39 is 16.3 Å². The third-order valence-electron chi connectivity index (χ3n) is 1.12. The molecule has 1 aromatic rings. The van der Waals surface area contributed by atoms with Gasteiger partial charge in [0.2, 0.25) is 0 Å². The van der Waals surface area contributed by atoms with Crippen molar-refractivity contribution in [2.75, 3.05) is 0 Å². The van der Waals surface area contributed by atoms with E-state index in [1.54, 1.807) is 6.07 Å². The molecule has 0 aromatic carbocycles. The van der Waals surface area contributed by atoms with Gasteiger partial charge in [-0.25, -0.2) is 0 Å². The third kappa shape index (κ3) is 2.67. The van der Waals surface area contributed by atoms with Crippen molar-refractivity contribution in [2.45, 2.75) is 5.75 Å². The molecule has 0 aliphatic rings. The molecule has 0 amide bonds. The first-order chi connectivity index (χ1) is 5.59. The van der Waals surface area contributed by atoms with Gasteiger partial charge in [0.05, 0.1) is 4.88 Å². The molecule has 66 valence electrons. The van der Waals surface area contributed by atoms with Gasteiger partial charge in [-0.15, -0.1) is 11.3 Å². The molecular formula is C6H4ClO3S2-. The Kier molecular flexibility index (Phi) is 3.39. The van der Waals surface area contributed by atoms with Gasteiger partial charge < -0.3 is 4.55 Å². The van der Waals surface area contributed by atoms with Crippen molar-refractivity contribution >= 4 is 39.3 Å². The van der Waals surface area contributed by atoms with Crippen LogP contribution in [0.3, 0.4) is 0 Å². The summed E-state index contributed by atoms with van der Waals surface area (Å²) in [6, 6.07) is 3.10. The average molecular weight is 224 g/mol. The summed E-state index contributed by atoms with van der Waals surface area (Å²) in [5.74, 6) is -0.0607. The number of thiophene rings is 1. The summed E-state index contributed by atoms with van der Waals surface area (Å²) in [5.41, 5.74) is 0. The summed E-state index contributed by atoms with van der Waals surface area (Å²) in [4.78, 5) is 11.6. The smallest absolute Gasteiger partial charge is 0.262 e. The van der Waals surface area contributed by atoms with Crippen LogP contribution in [0.5, 0.6) is 0 Å². The monoisotopic (exact) mass is 223 g/mol. The van der Waals surface area contributed by atoms with Crippen LogP contribution in [0.4, 0.5) is 0 Å². The van der Waals surface area contributed by atoms with Crippen LogP contribution in [0.15, 0.2) is 12.1 Å². The Morgan fingerprint density at radius 1 is 1.67 bits per heavy atom. The summed E-state index contributed by atoms with van der Waals surface area (Å²) in [5, 5.41) is -0.553. The maximum Gasteiger partial charge on any atom is 0.262 e. The minimum atomic E-state index is -2.11. The van der Waals surface area contributed by atoms with Gasteiger partial charge in [-0.05, 0) is 34.8 Å². The Hall–Kier alpha value is -0.230. The van der Waals surface area contributed by atoms with Crippen molar-refractivity contribution in [3.8, 4) is 0 Å². The fraction of sp³-hybridized carbons (Fsp3) is 0.167. The number of carbonyl (C=O) groups excluding carboxylic acids is 1. The topological polar surface area (TPSA) is 57.2 Å². The molecule has 0 N–H and O–H groups in total. The van der Waals surface area contributed by atoms with Crippen LogP contribution in [0, 0.1) is 0 Å². The molecule has 1 heterocycles. The van der Waals surface area contributed by atoms with Crippen molar-refractivity contribution in [3.63, 3.8) is 0 Å². The second-order valence-corrected chi connectivity index (χ2v) is 4.40. The number of halogens is 1. The highest BCUT2D eigenvalue weighted by Crippen LogP contribution is 2.19. The summed E-state index contributed by atoms with van der Waals surface area (Å²) in [6.45, 7) is 0. The van der Waals surface area contributed by atoms with Crippen molar-refractivity contribution in [1.82, 2.24) is 0 Å². The lowest BCUT2D eigenvalue weighted by molar-refractivity contribution is 0.108. The Morgan fingerprint density at radius 3 is 2.75 bits per heavy atom. The number of hydrogen-bond donors (Lipinski definition) is 0. The Morgan fingerprint density at radius 2 is 2.33 bits per heavy atom. The minimum Gasteiger partial charge on any atom is -0.772 e. The van der Waals surface area contributed by atoms with Crippen molar-refractivity contribution in [2.24, 2.45) is 0 Å². The molecule has 0 aliphatic carbocycles. The molecule has 1 unspecified atom stereocenters. The van der Waals surface area contributed by atoms with E-state index in [1.165, 1.54) is 6.07 Å². The van der Waals surface area contributed by atoms with E-state index in [9.17, 15) is 13.6 Å². The van der Waals surface area contributed by atoms with Crippen molar-refractivity contribution in [3.05, 3.63) is 21.9 Å². The highest BCUT2D eigenvalue weighted by molar-refractivity contribution is 7.78. The predicted octanol–water partition coefficient (Wildman–Crippen LogP) is 1.51. The van der Waals surface area contributed by atoms with Crippen LogP contribution in [0.1, 0.15) is 14.5 Å². The zero-order chi connectivity index (χ0) is 9.14. The van der Waals surface area contributed by atoms with E-state index in [4.69, 9.17) is 11.6 Å². The molecule has 3 nitrogen and oxygen atoms in total. The van der Waals surface area contributed by atoms with Crippen molar-refractivity contribution in [1.29, 1.82) is 0 Å². The van der Waals surface area contributed by atoms with Crippen LogP contribution < -0.4 is 0 Å². The highest BCUT2D eigenvalue weighted by Gasteiger charge is 2.05. The minimum absolute atomic E-state index is 0.0607. The molecule has 12 heavy (non-hydrogen) atoms. The fourth-order valence-corrected chi connectivity index (χ4v) is 2.34. The lowest BCUT2D eigenvalue weighted by Crippen LogP contribution is -1.89. The molecule has 0 saturated carbocycles. The number of hydrogen-bond acceptors (Lipinski definition) is 4. The van der Waals surface area contributed by atoms with E-state index in [-0.39, 0.29) is 5.75 Å². The number of carbonyl (C=O) groups is 1. The first-order valence-electron chi connectivity index (χ1n) is 2.94. The van der Waals surface area contributed by atoms with E-state index in [2.05, 4.69) is 0 Å². The molecule has 0 saturated heterocycles. The van der Waals surface area contributed by atoms with Gasteiger partial charge in [-0.2, -0.15) is 0 Å². The molecule has 1 aromatic heterocycles. The Balaban J connectivity index is 2.77. The van der Waals surface area contributed by atoms with Crippen LogP contribution in [-0.4, -0.2) is 14.0 Å². The molecule has 1 atom stereocenters. The van der Waals surface area contributed by atoms with Crippen LogP contribution in [0.25, 0.3) is 0 Å². The van der Waals surface area contributed by atoms with Crippen molar-refractivity contribution < 1.29 is 13.6 Å². The van der Waals surface area contributed by atoms with Gasteiger partial charge in [0.25, 0.3) is 5.24 Å². The maximum atomic E-state index is 10.6. The largest absolute Gasteiger partial charge is 0.772 e. The van der Waals surface area contributed by atoms with Crippen LogP contribution in [-0.2, 0) is 16.8 Å². The van der Waals surface area contributed by atoms with E-state index in [1.807, 2.05) is 0 Å². The summed E-state index contributed by atoms with van der Waals surface area (Å²) < 4.78 is 20.5. The van der Waals surface area contributed by atoms with Gasteiger partial charge in [0.1, 0.15) is 0 Å². The van der Waals surface area contributed by atoms with E-state index >= 15 is 0 Å². The van der Waals surface area contributed by atoms with E-state index in [0.29, 0.717) is 9.75 Å². The standard InChI is InChI=1S/C6H5ClO3S2/c7-6(8)5-2-1-4(11-5)3-12(9)10/h1-2H,3H2,(H,9,10)/p-1. The van der Waals surface area contributed by atoms with Gasteiger partial charge in [-0.3, -0.25) is 9.00 Å².